The van der Waals surface area contributed by atoms with E-state index in [0.717, 1.165) is 17.5 Å². The lowest BCUT2D eigenvalue weighted by Gasteiger charge is -2.26. The molecule has 3 nitrogen and oxygen atoms in total. The van der Waals surface area contributed by atoms with Crippen molar-refractivity contribution in [1.82, 2.24) is 5.32 Å². The minimum Gasteiger partial charge on any atom is -0.484 e. The summed E-state index contributed by atoms with van der Waals surface area (Å²) in [4.78, 5) is 12.8. The van der Waals surface area contributed by atoms with Gasteiger partial charge >= 0.3 is 0 Å². The molecule has 158 valence electrons. The van der Waals surface area contributed by atoms with Gasteiger partial charge in [-0.05, 0) is 61.2 Å². The molecule has 0 aromatic heterocycles. The predicted molar refractivity (Wildman–Crippen MR) is 126 cm³/mol. The second-order valence-electron chi connectivity index (χ2n) is 6.94. The highest BCUT2D eigenvalue weighted by Gasteiger charge is 2.23. The molecule has 0 aliphatic rings. The van der Waals surface area contributed by atoms with Gasteiger partial charge in [0.25, 0.3) is 5.91 Å². The zero-order valence-corrected chi connectivity index (χ0v) is 18.6. The summed E-state index contributed by atoms with van der Waals surface area (Å²) in [6.07, 6.45) is 6.31. The Morgan fingerprint density at radius 2 is 1.63 bits per heavy atom. The van der Waals surface area contributed by atoms with E-state index in [-0.39, 0.29) is 30.2 Å². The van der Waals surface area contributed by atoms with Crippen LogP contribution in [0.2, 0.25) is 10.0 Å². The number of allylic oxidation sites excluding steroid dienone is 2. The van der Waals surface area contributed by atoms with Crippen molar-refractivity contribution in [3.63, 3.8) is 0 Å². The van der Waals surface area contributed by atoms with E-state index in [9.17, 15) is 4.79 Å². The van der Waals surface area contributed by atoms with Crippen LogP contribution in [0.15, 0.2) is 85.7 Å². The van der Waals surface area contributed by atoms with Crippen molar-refractivity contribution in [1.29, 1.82) is 0 Å². The highest BCUT2D eigenvalue weighted by molar-refractivity contribution is 6.30. The fourth-order valence-electron chi connectivity index (χ4n) is 3.10. The fourth-order valence-corrected chi connectivity index (χ4v) is 3.35. The number of hydrogen-bond acceptors (Lipinski definition) is 2. The molecule has 0 aliphatic carbocycles. The first kappa shape index (κ1) is 23.8. The first-order valence-corrected chi connectivity index (χ1v) is 10.6. The van der Waals surface area contributed by atoms with E-state index in [0.29, 0.717) is 16.5 Å². The summed E-state index contributed by atoms with van der Waals surface area (Å²) in [6, 6.07) is 15.3. The fraction of sp³-hybridized carbons (Fsp3) is 0.240. The van der Waals surface area contributed by atoms with Gasteiger partial charge in [0.15, 0.2) is 5.76 Å². The third-order valence-corrected chi connectivity index (χ3v) is 5.18. The highest BCUT2D eigenvalue weighted by atomic mass is 35.5. The van der Waals surface area contributed by atoms with Crippen LogP contribution in [0, 0.1) is 0 Å². The minimum absolute atomic E-state index is 0.0347. The highest BCUT2D eigenvalue weighted by Crippen LogP contribution is 2.27. The van der Waals surface area contributed by atoms with Crippen molar-refractivity contribution in [2.24, 2.45) is 0 Å². The number of nitrogens with one attached hydrogen (secondary N) is 1. The van der Waals surface area contributed by atoms with E-state index in [1.807, 2.05) is 55.5 Å². The summed E-state index contributed by atoms with van der Waals surface area (Å²) in [7, 11) is 0. The molecule has 2 aromatic rings. The van der Waals surface area contributed by atoms with Crippen LogP contribution in [0.4, 0.5) is 0 Å². The number of hydrogen-bond donors (Lipinski definition) is 1. The minimum atomic E-state index is -0.263. The quantitative estimate of drug-likeness (QED) is 0.245. The maximum absolute atomic E-state index is 12.8. The van der Waals surface area contributed by atoms with Crippen LogP contribution in [0.5, 0.6) is 0 Å². The molecule has 0 saturated carbocycles. The number of carbonyl (C=O) groups excluding carboxylic acids is 1. The van der Waals surface area contributed by atoms with E-state index in [1.54, 1.807) is 18.2 Å². The van der Waals surface area contributed by atoms with Gasteiger partial charge in [0.2, 0.25) is 0 Å². The van der Waals surface area contributed by atoms with Crippen molar-refractivity contribution in [2.45, 2.75) is 31.7 Å². The molecule has 30 heavy (non-hydrogen) atoms. The average molecular weight is 444 g/mol. The lowest BCUT2D eigenvalue weighted by Crippen LogP contribution is -2.39. The van der Waals surface area contributed by atoms with Crippen LogP contribution in [0.25, 0.3) is 0 Å². The molecule has 2 atom stereocenters. The van der Waals surface area contributed by atoms with Crippen LogP contribution in [-0.2, 0) is 16.0 Å². The number of carbonyl (C=O) groups is 1. The third kappa shape index (κ3) is 7.40. The topological polar surface area (TPSA) is 38.3 Å². The Hall–Kier alpha value is -2.49. The summed E-state index contributed by atoms with van der Waals surface area (Å²) in [5.74, 6) is 0.0386. The molecule has 0 heterocycles. The molecule has 5 heteroatoms. The predicted octanol–water partition coefficient (Wildman–Crippen LogP) is 6.49. The second-order valence-corrected chi connectivity index (χ2v) is 7.82. The standard InChI is InChI=1S/C25H27Cl2NO2/c1-4-6-7-24(30-16-5-2)25(29)28-18(3)23(20-10-14-22(27)15-11-20)17-19-8-12-21(26)13-9-19/h4-5,7-15,18,23H,1-2,6,16-17H2,3H3,(H,28,29)/b24-7-. The molecule has 2 aromatic carbocycles. The SMILES string of the molecule is C=CC/C=C(\OCC=C)C(=O)NC(C)C(Cc1ccc(Cl)cc1)c1ccc(Cl)cc1. The number of halogens is 2. The molecule has 0 spiro atoms. The maximum Gasteiger partial charge on any atom is 0.286 e. The van der Waals surface area contributed by atoms with E-state index in [1.165, 1.54) is 0 Å². The molecular formula is C25H27Cl2NO2. The van der Waals surface area contributed by atoms with E-state index in [4.69, 9.17) is 27.9 Å². The van der Waals surface area contributed by atoms with Gasteiger partial charge in [-0.25, -0.2) is 0 Å². The van der Waals surface area contributed by atoms with Crippen LogP contribution < -0.4 is 5.32 Å². The Morgan fingerprint density at radius 3 is 2.20 bits per heavy atom. The van der Waals surface area contributed by atoms with Gasteiger partial charge in [0.1, 0.15) is 6.61 Å². The Labute approximate surface area is 189 Å². The van der Waals surface area contributed by atoms with Crippen molar-refractivity contribution in [2.75, 3.05) is 6.61 Å². The van der Waals surface area contributed by atoms with Gasteiger partial charge in [-0.2, -0.15) is 0 Å². The van der Waals surface area contributed by atoms with Crippen molar-refractivity contribution in [3.05, 3.63) is 107 Å². The summed E-state index contributed by atoms with van der Waals surface area (Å²) >= 11 is 12.1. The largest absolute Gasteiger partial charge is 0.484 e. The molecule has 2 rings (SSSR count). The lowest BCUT2D eigenvalue weighted by molar-refractivity contribution is -0.121. The van der Waals surface area contributed by atoms with E-state index >= 15 is 0 Å². The summed E-state index contributed by atoms with van der Waals surface area (Å²) in [5.41, 5.74) is 2.22. The lowest BCUT2D eigenvalue weighted by atomic mass is 9.86. The van der Waals surface area contributed by atoms with E-state index < -0.39 is 0 Å². The summed E-state index contributed by atoms with van der Waals surface area (Å²) in [6.45, 7) is 9.58. The molecule has 0 fully saturated rings. The van der Waals surface area contributed by atoms with Gasteiger partial charge in [-0.15, -0.1) is 6.58 Å². The number of rotatable bonds is 11. The normalized spacial score (nSPS) is 13.2. The molecule has 1 N–H and O–H groups in total. The second kappa shape index (κ2) is 12.3. The summed E-state index contributed by atoms with van der Waals surface area (Å²) in [5, 5.41) is 4.45. The molecule has 2 unspecified atom stereocenters. The third-order valence-electron chi connectivity index (χ3n) is 4.68. The number of amides is 1. The summed E-state index contributed by atoms with van der Waals surface area (Å²) < 4.78 is 5.54. The smallest absolute Gasteiger partial charge is 0.286 e. The average Bonchev–Trinajstić information content (AvgIpc) is 2.74. The zero-order valence-electron chi connectivity index (χ0n) is 17.1. The first-order chi connectivity index (χ1) is 14.4. The zero-order chi connectivity index (χ0) is 21.9. The number of benzene rings is 2. The van der Waals surface area contributed by atoms with Crippen molar-refractivity contribution < 1.29 is 9.53 Å². The van der Waals surface area contributed by atoms with Crippen molar-refractivity contribution in [3.8, 4) is 0 Å². The van der Waals surface area contributed by atoms with Gasteiger partial charge in [0, 0.05) is 22.0 Å². The van der Waals surface area contributed by atoms with Gasteiger partial charge in [0.05, 0.1) is 0 Å². The van der Waals surface area contributed by atoms with Crippen LogP contribution in [0.3, 0.4) is 0 Å². The maximum atomic E-state index is 12.8. The van der Waals surface area contributed by atoms with Crippen LogP contribution in [-0.4, -0.2) is 18.6 Å². The van der Waals surface area contributed by atoms with Crippen LogP contribution >= 0.6 is 23.2 Å². The monoisotopic (exact) mass is 443 g/mol. The molecule has 0 bridgehead atoms. The van der Waals surface area contributed by atoms with Gasteiger partial charge in [-0.3, -0.25) is 4.79 Å². The number of ether oxygens (including phenoxy) is 1. The molecule has 0 radical (unpaired) electrons. The molecular weight excluding hydrogens is 417 g/mol. The van der Waals surface area contributed by atoms with Crippen LogP contribution in [0.1, 0.15) is 30.4 Å². The van der Waals surface area contributed by atoms with E-state index in [2.05, 4.69) is 18.5 Å². The molecule has 1 amide bonds. The Morgan fingerprint density at radius 1 is 1.03 bits per heavy atom. The Bertz CT molecular complexity index is 873. The van der Waals surface area contributed by atoms with Gasteiger partial charge < -0.3 is 10.1 Å². The Balaban J connectivity index is 2.23. The molecule has 0 saturated heterocycles. The Kier molecular flexibility index (Phi) is 9.72. The van der Waals surface area contributed by atoms with Gasteiger partial charge in [-0.1, -0.05) is 66.2 Å². The first-order valence-electron chi connectivity index (χ1n) is 9.80. The van der Waals surface area contributed by atoms with Crippen molar-refractivity contribution >= 4 is 29.1 Å². The molecule has 0 aliphatic heterocycles.